The number of carbonyl (C=O) groups excluding carboxylic acids is 1. The summed E-state index contributed by atoms with van der Waals surface area (Å²) < 4.78 is 5.05. The Morgan fingerprint density at radius 2 is 2.00 bits per heavy atom. The van der Waals surface area contributed by atoms with Gasteiger partial charge in [-0.2, -0.15) is 0 Å². The van der Waals surface area contributed by atoms with Crippen molar-refractivity contribution in [3.63, 3.8) is 0 Å². The van der Waals surface area contributed by atoms with Crippen LogP contribution in [-0.2, 0) is 6.42 Å². The van der Waals surface area contributed by atoms with Crippen molar-refractivity contribution in [2.24, 2.45) is 5.92 Å². The number of carbonyl (C=O) groups is 1. The molecule has 27 heavy (non-hydrogen) atoms. The minimum atomic E-state index is -0.397. The van der Waals surface area contributed by atoms with Gasteiger partial charge in [-0.25, -0.2) is 4.98 Å². The van der Waals surface area contributed by atoms with Gasteiger partial charge >= 0.3 is 0 Å². The number of hydrogen-bond donors (Lipinski definition) is 2. The van der Waals surface area contributed by atoms with Crippen molar-refractivity contribution in [1.29, 1.82) is 0 Å². The van der Waals surface area contributed by atoms with E-state index in [1.807, 2.05) is 6.92 Å². The first-order valence-corrected chi connectivity index (χ1v) is 9.87. The van der Waals surface area contributed by atoms with Crippen molar-refractivity contribution < 1.29 is 9.21 Å². The lowest BCUT2D eigenvalue weighted by Crippen LogP contribution is -2.33. The molecule has 2 N–H and O–H groups in total. The van der Waals surface area contributed by atoms with Gasteiger partial charge in [0.05, 0.1) is 12.0 Å². The first-order chi connectivity index (χ1) is 12.9. The molecular formula is C20H21N3O2S2. The zero-order valence-corrected chi connectivity index (χ0v) is 17.0. The summed E-state index contributed by atoms with van der Waals surface area (Å²) in [5.74, 6) is 0.438. The number of nitrogens with zero attached hydrogens (tertiary/aromatic N) is 1. The van der Waals surface area contributed by atoms with Crippen LogP contribution in [0.4, 0.5) is 5.13 Å². The van der Waals surface area contributed by atoms with Gasteiger partial charge in [-0.3, -0.25) is 10.1 Å². The number of amides is 1. The van der Waals surface area contributed by atoms with Crippen LogP contribution in [0.5, 0.6) is 0 Å². The highest BCUT2D eigenvalue weighted by molar-refractivity contribution is 7.80. The molecule has 0 aliphatic rings. The SMILES string of the molecule is Cc1sc(NC(=S)NC(=O)c2ccco2)nc1-c1ccc(CC(C)C)cc1. The highest BCUT2D eigenvalue weighted by atomic mass is 32.1. The van der Waals surface area contributed by atoms with Gasteiger partial charge in [-0.15, -0.1) is 11.3 Å². The van der Waals surface area contributed by atoms with Crippen LogP contribution in [0.1, 0.15) is 34.8 Å². The van der Waals surface area contributed by atoms with Crippen LogP contribution < -0.4 is 10.6 Å². The van der Waals surface area contributed by atoms with Gasteiger partial charge in [0.2, 0.25) is 0 Å². The lowest BCUT2D eigenvalue weighted by atomic mass is 10.0. The predicted octanol–water partition coefficient (Wildman–Crippen LogP) is 5.04. The molecule has 0 saturated heterocycles. The summed E-state index contributed by atoms with van der Waals surface area (Å²) in [6.45, 7) is 6.44. The Morgan fingerprint density at radius 3 is 2.63 bits per heavy atom. The molecule has 3 aromatic rings. The molecule has 2 heterocycles. The first-order valence-electron chi connectivity index (χ1n) is 8.65. The van der Waals surface area contributed by atoms with E-state index in [1.165, 1.54) is 23.2 Å². The molecule has 7 heteroatoms. The Balaban J connectivity index is 1.67. The third-order valence-corrected chi connectivity index (χ3v) is 4.95. The molecule has 0 atom stereocenters. The average Bonchev–Trinajstić information content (AvgIpc) is 3.25. The van der Waals surface area contributed by atoms with Crippen molar-refractivity contribution in [3.8, 4) is 11.3 Å². The Labute approximate surface area is 167 Å². The average molecular weight is 400 g/mol. The van der Waals surface area contributed by atoms with Gasteiger partial charge in [0, 0.05) is 10.4 Å². The minimum Gasteiger partial charge on any atom is -0.459 e. The van der Waals surface area contributed by atoms with Gasteiger partial charge in [-0.1, -0.05) is 38.1 Å². The molecule has 0 bridgehead atoms. The normalized spacial score (nSPS) is 10.8. The summed E-state index contributed by atoms with van der Waals surface area (Å²) in [6, 6.07) is 11.7. The van der Waals surface area contributed by atoms with Crippen molar-refractivity contribution in [1.82, 2.24) is 10.3 Å². The molecule has 1 amide bonds. The quantitative estimate of drug-likeness (QED) is 0.589. The Bertz CT molecular complexity index is 929. The summed E-state index contributed by atoms with van der Waals surface area (Å²) in [7, 11) is 0. The molecule has 0 fully saturated rings. The molecule has 0 aliphatic heterocycles. The first kappa shape index (κ1) is 19.3. The van der Waals surface area contributed by atoms with E-state index in [9.17, 15) is 4.79 Å². The Kier molecular flexibility index (Phi) is 6.03. The van der Waals surface area contributed by atoms with Crippen LogP contribution in [0.3, 0.4) is 0 Å². The van der Waals surface area contributed by atoms with Crippen LogP contribution in [0.25, 0.3) is 11.3 Å². The van der Waals surface area contributed by atoms with E-state index in [4.69, 9.17) is 16.6 Å². The highest BCUT2D eigenvalue weighted by Crippen LogP contribution is 2.30. The maximum atomic E-state index is 12.0. The molecule has 2 aromatic heterocycles. The molecule has 0 saturated carbocycles. The monoisotopic (exact) mass is 399 g/mol. The van der Waals surface area contributed by atoms with Gasteiger partial charge in [0.15, 0.2) is 16.0 Å². The van der Waals surface area contributed by atoms with Crippen LogP contribution >= 0.6 is 23.6 Å². The van der Waals surface area contributed by atoms with Crippen molar-refractivity contribution in [2.45, 2.75) is 27.2 Å². The Morgan fingerprint density at radius 1 is 1.26 bits per heavy atom. The maximum absolute atomic E-state index is 12.0. The fourth-order valence-corrected chi connectivity index (χ4v) is 3.78. The van der Waals surface area contributed by atoms with E-state index in [-0.39, 0.29) is 10.9 Å². The summed E-state index contributed by atoms with van der Waals surface area (Å²) in [6.07, 6.45) is 2.50. The number of aryl methyl sites for hydroxylation is 1. The largest absolute Gasteiger partial charge is 0.459 e. The third-order valence-electron chi connectivity index (χ3n) is 3.86. The summed E-state index contributed by atoms with van der Waals surface area (Å²) in [4.78, 5) is 17.7. The number of rotatable bonds is 5. The summed E-state index contributed by atoms with van der Waals surface area (Å²) >= 11 is 6.69. The minimum absolute atomic E-state index is 0.184. The summed E-state index contributed by atoms with van der Waals surface area (Å²) in [5, 5.41) is 6.37. The van der Waals surface area contributed by atoms with E-state index in [0.29, 0.717) is 11.0 Å². The molecule has 140 valence electrons. The zero-order valence-electron chi connectivity index (χ0n) is 15.4. The van der Waals surface area contributed by atoms with Crippen LogP contribution in [0, 0.1) is 12.8 Å². The van der Waals surface area contributed by atoms with Crippen molar-refractivity contribution in [2.75, 3.05) is 5.32 Å². The number of furan rings is 1. The number of hydrogen-bond acceptors (Lipinski definition) is 5. The molecule has 0 aliphatic carbocycles. The van der Waals surface area contributed by atoms with Crippen LogP contribution in [0.2, 0.25) is 0 Å². The fraction of sp³-hybridized carbons (Fsp3) is 0.250. The lowest BCUT2D eigenvalue weighted by molar-refractivity contribution is 0.0950. The standard InChI is InChI=1S/C20H21N3O2S2/c1-12(2)11-14-6-8-15(9-7-14)17-13(3)27-20(21-17)23-19(26)22-18(24)16-5-4-10-25-16/h4-10,12H,11H2,1-3H3,(H2,21,22,23,24,26). The molecule has 0 radical (unpaired) electrons. The number of nitrogens with one attached hydrogen (secondary N) is 2. The second-order valence-electron chi connectivity index (χ2n) is 6.60. The van der Waals surface area contributed by atoms with E-state index < -0.39 is 5.91 Å². The molecule has 0 unspecified atom stereocenters. The number of thiocarbonyl (C=S) groups is 1. The van der Waals surface area contributed by atoms with E-state index >= 15 is 0 Å². The number of aromatic nitrogens is 1. The van der Waals surface area contributed by atoms with Gasteiger partial charge < -0.3 is 9.73 Å². The molecule has 0 spiro atoms. The second-order valence-corrected chi connectivity index (χ2v) is 8.22. The lowest BCUT2D eigenvalue weighted by Gasteiger charge is -2.06. The third kappa shape index (κ3) is 5.02. The van der Waals surface area contributed by atoms with Gasteiger partial charge in [0.25, 0.3) is 5.91 Å². The number of thiazole rings is 1. The summed E-state index contributed by atoms with van der Waals surface area (Å²) in [5.41, 5.74) is 3.30. The predicted molar refractivity (Wildman–Crippen MR) is 113 cm³/mol. The zero-order chi connectivity index (χ0) is 19.4. The topological polar surface area (TPSA) is 67.2 Å². The molecule has 5 nitrogen and oxygen atoms in total. The molecule has 1 aromatic carbocycles. The highest BCUT2D eigenvalue weighted by Gasteiger charge is 2.14. The number of anilines is 1. The molecule has 3 rings (SSSR count). The van der Waals surface area contributed by atoms with Crippen LogP contribution in [0.15, 0.2) is 47.1 Å². The fourth-order valence-electron chi connectivity index (χ4n) is 2.69. The van der Waals surface area contributed by atoms with Crippen molar-refractivity contribution in [3.05, 3.63) is 58.9 Å². The van der Waals surface area contributed by atoms with E-state index in [0.717, 1.165) is 22.6 Å². The van der Waals surface area contributed by atoms with E-state index in [1.54, 1.807) is 12.1 Å². The van der Waals surface area contributed by atoms with Gasteiger partial charge in [-0.05, 0) is 49.2 Å². The van der Waals surface area contributed by atoms with Crippen molar-refractivity contribution >= 4 is 39.7 Å². The number of benzene rings is 1. The maximum Gasteiger partial charge on any atom is 0.293 e. The Hall–Kier alpha value is -2.51. The smallest absolute Gasteiger partial charge is 0.293 e. The van der Waals surface area contributed by atoms with Crippen LogP contribution in [-0.4, -0.2) is 16.0 Å². The second kappa shape index (κ2) is 8.45. The van der Waals surface area contributed by atoms with Gasteiger partial charge in [0.1, 0.15) is 0 Å². The van der Waals surface area contributed by atoms with E-state index in [2.05, 4.69) is 53.7 Å². The molecular weight excluding hydrogens is 378 g/mol.